The molecule has 8 nitrogen and oxygen atoms in total. The summed E-state index contributed by atoms with van der Waals surface area (Å²) in [6, 6.07) is 1.74. The van der Waals surface area contributed by atoms with Crippen LogP contribution in [-0.4, -0.2) is 43.8 Å². The highest BCUT2D eigenvalue weighted by Crippen LogP contribution is 2.20. The molecule has 0 atom stereocenters. The van der Waals surface area contributed by atoms with E-state index in [0.717, 1.165) is 17.0 Å². The second-order valence-corrected chi connectivity index (χ2v) is 7.82. The van der Waals surface area contributed by atoms with Crippen molar-refractivity contribution in [1.82, 2.24) is 19.7 Å². The van der Waals surface area contributed by atoms with Crippen LogP contribution in [0.2, 0.25) is 5.15 Å². The SMILES string of the molecule is CC(C)(C)OC(=O)N1CCn2nc(NC(=O)c3nc(Cl)cs3)cc2C1. The van der Waals surface area contributed by atoms with Gasteiger partial charge >= 0.3 is 6.09 Å². The first-order chi connectivity index (χ1) is 11.7. The number of carbonyl (C=O) groups is 2. The van der Waals surface area contributed by atoms with E-state index in [4.69, 9.17) is 16.3 Å². The van der Waals surface area contributed by atoms with Crippen molar-refractivity contribution in [3.8, 4) is 0 Å². The van der Waals surface area contributed by atoms with Gasteiger partial charge < -0.3 is 15.0 Å². The van der Waals surface area contributed by atoms with Crippen LogP contribution in [0.25, 0.3) is 0 Å². The smallest absolute Gasteiger partial charge is 0.410 e. The van der Waals surface area contributed by atoms with E-state index in [-0.39, 0.29) is 22.2 Å². The van der Waals surface area contributed by atoms with Crippen molar-refractivity contribution in [2.45, 2.75) is 39.5 Å². The molecule has 0 bridgehead atoms. The molecule has 134 valence electrons. The average molecular weight is 384 g/mol. The Kier molecular flexibility index (Phi) is 4.70. The lowest BCUT2D eigenvalue weighted by Gasteiger charge is -2.30. The van der Waals surface area contributed by atoms with Gasteiger partial charge in [0.15, 0.2) is 10.8 Å². The minimum absolute atomic E-state index is 0.270. The molecular weight excluding hydrogens is 366 g/mol. The van der Waals surface area contributed by atoms with E-state index in [1.807, 2.05) is 20.8 Å². The average Bonchev–Trinajstić information content (AvgIpc) is 3.10. The Balaban J connectivity index is 1.66. The number of hydrogen-bond donors (Lipinski definition) is 1. The molecule has 25 heavy (non-hydrogen) atoms. The van der Waals surface area contributed by atoms with Crippen LogP contribution in [0.3, 0.4) is 0 Å². The number of halogens is 1. The molecule has 0 aliphatic carbocycles. The van der Waals surface area contributed by atoms with E-state index < -0.39 is 5.60 Å². The lowest BCUT2D eigenvalue weighted by molar-refractivity contribution is 0.0194. The number of thiazole rings is 1. The van der Waals surface area contributed by atoms with E-state index >= 15 is 0 Å². The van der Waals surface area contributed by atoms with Crippen LogP contribution >= 0.6 is 22.9 Å². The van der Waals surface area contributed by atoms with Gasteiger partial charge in [-0.05, 0) is 20.8 Å². The highest BCUT2D eigenvalue weighted by atomic mass is 35.5. The van der Waals surface area contributed by atoms with Crippen molar-refractivity contribution in [3.63, 3.8) is 0 Å². The maximum atomic E-state index is 12.2. The van der Waals surface area contributed by atoms with Crippen LogP contribution in [0.5, 0.6) is 0 Å². The summed E-state index contributed by atoms with van der Waals surface area (Å²) in [6.45, 7) is 6.90. The van der Waals surface area contributed by atoms with E-state index in [1.165, 1.54) is 0 Å². The molecule has 3 heterocycles. The molecule has 1 aliphatic heterocycles. The lowest BCUT2D eigenvalue weighted by atomic mass is 10.2. The topological polar surface area (TPSA) is 89.4 Å². The van der Waals surface area contributed by atoms with Gasteiger partial charge in [0, 0.05) is 18.0 Å². The van der Waals surface area contributed by atoms with Crippen molar-refractivity contribution in [1.29, 1.82) is 0 Å². The summed E-state index contributed by atoms with van der Waals surface area (Å²) >= 11 is 6.89. The predicted octanol–water partition coefficient (Wildman–Crippen LogP) is 3.00. The van der Waals surface area contributed by atoms with Crippen molar-refractivity contribution in [3.05, 3.63) is 27.3 Å². The quantitative estimate of drug-likeness (QED) is 0.861. The maximum Gasteiger partial charge on any atom is 0.410 e. The summed E-state index contributed by atoms with van der Waals surface area (Å²) in [6.07, 6.45) is -0.358. The van der Waals surface area contributed by atoms with Gasteiger partial charge in [0.1, 0.15) is 10.8 Å². The fourth-order valence-corrected chi connectivity index (χ4v) is 3.18. The molecule has 2 aromatic heterocycles. The van der Waals surface area contributed by atoms with Crippen LogP contribution < -0.4 is 5.32 Å². The summed E-state index contributed by atoms with van der Waals surface area (Å²) in [7, 11) is 0. The molecule has 0 spiro atoms. The fraction of sp³-hybridized carbons (Fsp3) is 0.467. The molecule has 0 aromatic carbocycles. The molecule has 1 N–H and O–H groups in total. The van der Waals surface area contributed by atoms with Gasteiger partial charge in [0.05, 0.1) is 18.8 Å². The summed E-state index contributed by atoms with van der Waals surface area (Å²) in [5.41, 5.74) is 0.285. The number of hydrogen-bond acceptors (Lipinski definition) is 6. The van der Waals surface area contributed by atoms with Crippen molar-refractivity contribution in [2.75, 3.05) is 11.9 Å². The zero-order valence-electron chi connectivity index (χ0n) is 14.1. The minimum atomic E-state index is -0.539. The Morgan fingerprint density at radius 1 is 1.36 bits per heavy atom. The third kappa shape index (κ3) is 4.29. The van der Waals surface area contributed by atoms with Crippen molar-refractivity contribution in [2.24, 2.45) is 0 Å². The van der Waals surface area contributed by atoms with E-state index in [1.54, 1.807) is 21.0 Å². The molecule has 0 fully saturated rings. The number of ether oxygens (including phenoxy) is 1. The van der Waals surface area contributed by atoms with E-state index in [0.29, 0.717) is 25.5 Å². The normalized spacial score (nSPS) is 14.2. The van der Waals surface area contributed by atoms with Gasteiger partial charge in [-0.1, -0.05) is 11.6 Å². The standard InChI is InChI=1S/C15H18ClN5O3S/c1-15(2,3)24-14(23)20-4-5-21-9(7-20)6-11(19-21)18-12(22)13-17-10(16)8-25-13/h6,8H,4-5,7H2,1-3H3,(H,18,19,22). The summed E-state index contributed by atoms with van der Waals surface area (Å²) in [4.78, 5) is 29.8. The molecule has 1 aliphatic rings. The molecule has 0 saturated carbocycles. The largest absolute Gasteiger partial charge is 0.444 e. The van der Waals surface area contributed by atoms with E-state index in [9.17, 15) is 9.59 Å². The molecular formula is C15H18ClN5O3S. The third-order valence-electron chi connectivity index (χ3n) is 3.36. The van der Waals surface area contributed by atoms with Crippen molar-refractivity contribution >= 4 is 40.8 Å². The second-order valence-electron chi connectivity index (χ2n) is 6.58. The fourth-order valence-electron chi connectivity index (χ4n) is 2.34. The summed E-state index contributed by atoms with van der Waals surface area (Å²) in [5.74, 6) is 0.0497. The molecule has 0 radical (unpaired) electrons. The van der Waals surface area contributed by atoms with E-state index in [2.05, 4.69) is 15.4 Å². The third-order valence-corrected chi connectivity index (χ3v) is 4.53. The molecule has 0 unspecified atom stereocenters. The van der Waals surface area contributed by atoms with Gasteiger partial charge in [-0.3, -0.25) is 9.48 Å². The highest BCUT2D eigenvalue weighted by Gasteiger charge is 2.27. The van der Waals surface area contributed by atoms with Gasteiger partial charge in [-0.25, -0.2) is 9.78 Å². The van der Waals surface area contributed by atoms with Crippen LogP contribution in [-0.2, 0) is 17.8 Å². The van der Waals surface area contributed by atoms with Crippen LogP contribution in [0, 0.1) is 0 Å². The molecule has 2 aromatic rings. The Hall–Kier alpha value is -2.13. The first kappa shape index (κ1) is 17.7. The number of nitrogens with zero attached hydrogens (tertiary/aromatic N) is 4. The number of fused-ring (bicyclic) bond motifs is 1. The number of carbonyl (C=O) groups excluding carboxylic acids is 2. The van der Waals surface area contributed by atoms with Gasteiger partial charge in [-0.15, -0.1) is 11.3 Å². The Morgan fingerprint density at radius 3 is 2.76 bits per heavy atom. The van der Waals surface area contributed by atoms with Gasteiger partial charge in [0.25, 0.3) is 5.91 Å². The van der Waals surface area contributed by atoms with Gasteiger partial charge in [-0.2, -0.15) is 5.10 Å². The first-order valence-electron chi connectivity index (χ1n) is 7.68. The monoisotopic (exact) mass is 383 g/mol. The maximum absolute atomic E-state index is 12.2. The van der Waals surface area contributed by atoms with Crippen LogP contribution in [0.15, 0.2) is 11.4 Å². The second kappa shape index (κ2) is 6.64. The molecule has 10 heteroatoms. The number of amides is 2. The van der Waals surface area contributed by atoms with Crippen LogP contribution in [0.4, 0.5) is 10.6 Å². The zero-order chi connectivity index (χ0) is 18.2. The molecule has 3 rings (SSSR count). The predicted molar refractivity (Wildman–Crippen MR) is 93.9 cm³/mol. The summed E-state index contributed by atoms with van der Waals surface area (Å²) < 4.78 is 7.16. The first-order valence-corrected chi connectivity index (χ1v) is 8.94. The lowest BCUT2D eigenvalue weighted by Crippen LogP contribution is -2.41. The number of nitrogens with one attached hydrogen (secondary N) is 1. The number of rotatable bonds is 2. The highest BCUT2D eigenvalue weighted by molar-refractivity contribution is 7.12. The minimum Gasteiger partial charge on any atom is -0.444 e. The Labute approximate surface area is 153 Å². The van der Waals surface area contributed by atoms with Crippen molar-refractivity contribution < 1.29 is 14.3 Å². The molecule has 0 saturated heterocycles. The molecule has 2 amide bonds. The number of anilines is 1. The Morgan fingerprint density at radius 2 is 2.12 bits per heavy atom. The summed E-state index contributed by atoms with van der Waals surface area (Å²) in [5, 5.41) is 9.18. The Bertz CT molecular complexity index is 810. The zero-order valence-corrected chi connectivity index (χ0v) is 15.6. The van der Waals surface area contributed by atoms with Gasteiger partial charge in [0.2, 0.25) is 0 Å². The van der Waals surface area contributed by atoms with Crippen LogP contribution in [0.1, 0.15) is 36.3 Å². The number of aromatic nitrogens is 3.